The van der Waals surface area contributed by atoms with Crippen LogP contribution in [0.1, 0.15) is 34.3 Å². The molecule has 0 radical (unpaired) electrons. The zero-order valence-corrected chi connectivity index (χ0v) is 20.4. The van der Waals surface area contributed by atoms with E-state index in [0.29, 0.717) is 12.2 Å². The molecule has 0 saturated carbocycles. The van der Waals surface area contributed by atoms with Crippen molar-refractivity contribution in [2.24, 2.45) is 0 Å². The molecule has 3 heterocycles. The van der Waals surface area contributed by atoms with Crippen molar-refractivity contribution in [1.82, 2.24) is 24.8 Å². The van der Waals surface area contributed by atoms with Crippen LogP contribution in [0.15, 0.2) is 54.9 Å². The molecule has 1 fully saturated rings. The summed E-state index contributed by atoms with van der Waals surface area (Å²) in [5.74, 6) is -0.878. The lowest BCUT2D eigenvalue weighted by atomic mass is 10.1. The van der Waals surface area contributed by atoms with Gasteiger partial charge in [0.2, 0.25) is 0 Å². The minimum atomic E-state index is -0.472. The molecule has 4 aromatic rings. The summed E-state index contributed by atoms with van der Waals surface area (Å²) in [4.78, 5) is 36.5. The molecule has 0 unspecified atom stereocenters. The van der Waals surface area contributed by atoms with Crippen LogP contribution in [0.25, 0.3) is 21.8 Å². The standard InChI is InChI=1S/C27H30N6O3/c1-2-33-22-7-4-3-6-20(22)21-18-19(8-9-23(21)33)31-27(35)25-24(28-11-12-29-25)26(34)30-10-5-13-32-14-16-36-17-15-32/h3-4,6-9,11-12,18H,2,5,10,13-17H2,1H3,(H,30,34)(H,31,35). The molecule has 0 bridgehead atoms. The summed E-state index contributed by atoms with van der Waals surface area (Å²) < 4.78 is 7.61. The summed E-state index contributed by atoms with van der Waals surface area (Å²) in [6, 6.07) is 14.1. The van der Waals surface area contributed by atoms with Crippen molar-refractivity contribution >= 4 is 39.3 Å². The molecule has 2 aromatic carbocycles. The highest BCUT2D eigenvalue weighted by Gasteiger charge is 2.21. The van der Waals surface area contributed by atoms with Gasteiger partial charge in [-0.15, -0.1) is 0 Å². The van der Waals surface area contributed by atoms with Crippen molar-refractivity contribution in [3.8, 4) is 0 Å². The number of hydrogen-bond acceptors (Lipinski definition) is 6. The Morgan fingerprint density at radius 1 is 0.944 bits per heavy atom. The normalized spacial score (nSPS) is 14.2. The predicted molar refractivity (Wildman–Crippen MR) is 139 cm³/mol. The van der Waals surface area contributed by atoms with E-state index in [2.05, 4.69) is 49.1 Å². The van der Waals surface area contributed by atoms with Gasteiger partial charge >= 0.3 is 0 Å². The fourth-order valence-corrected chi connectivity index (χ4v) is 4.75. The zero-order chi connectivity index (χ0) is 24.9. The van der Waals surface area contributed by atoms with Crippen LogP contribution >= 0.6 is 0 Å². The quantitative estimate of drug-likeness (QED) is 0.371. The molecule has 0 spiro atoms. The number of para-hydroxylation sites is 1. The van der Waals surface area contributed by atoms with Crippen molar-refractivity contribution in [3.05, 3.63) is 66.2 Å². The number of nitrogens with zero attached hydrogens (tertiary/aromatic N) is 4. The monoisotopic (exact) mass is 486 g/mol. The summed E-state index contributed by atoms with van der Waals surface area (Å²) in [5.41, 5.74) is 2.91. The first kappa shape index (κ1) is 23.9. The number of anilines is 1. The largest absolute Gasteiger partial charge is 0.379 e. The Morgan fingerprint density at radius 2 is 1.67 bits per heavy atom. The highest BCUT2D eigenvalue weighted by atomic mass is 16.5. The Balaban J connectivity index is 1.28. The van der Waals surface area contributed by atoms with Crippen LogP contribution in [0.2, 0.25) is 0 Å². The van der Waals surface area contributed by atoms with Crippen molar-refractivity contribution in [1.29, 1.82) is 0 Å². The molecule has 36 heavy (non-hydrogen) atoms. The Hall–Kier alpha value is -3.82. The first-order chi connectivity index (χ1) is 17.7. The molecule has 1 saturated heterocycles. The number of rotatable bonds is 8. The topological polar surface area (TPSA) is 101 Å². The Labute approximate surface area is 209 Å². The minimum Gasteiger partial charge on any atom is -0.379 e. The summed E-state index contributed by atoms with van der Waals surface area (Å²) >= 11 is 0. The molecular formula is C27H30N6O3. The van der Waals surface area contributed by atoms with E-state index in [1.54, 1.807) is 0 Å². The average Bonchev–Trinajstić information content (AvgIpc) is 3.24. The molecule has 0 aliphatic carbocycles. The van der Waals surface area contributed by atoms with E-state index in [1.807, 2.05) is 30.3 Å². The van der Waals surface area contributed by atoms with Gasteiger partial charge in [0.05, 0.1) is 13.2 Å². The van der Waals surface area contributed by atoms with E-state index in [0.717, 1.165) is 67.6 Å². The van der Waals surface area contributed by atoms with Crippen LogP contribution in [0.5, 0.6) is 0 Å². The fraction of sp³-hybridized carbons (Fsp3) is 0.333. The maximum Gasteiger partial charge on any atom is 0.276 e. The van der Waals surface area contributed by atoms with E-state index in [1.165, 1.54) is 12.4 Å². The van der Waals surface area contributed by atoms with Crippen molar-refractivity contribution in [2.75, 3.05) is 44.7 Å². The Kier molecular flexibility index (Phi) is 7.20. The number of aryl methyl sites for hydroxylation is 1. The second-order valence-electron chi connectivity index (χ2n) is 8.76. The third kappa shape index (κ3) is 4.93. The zero-order valence-electron chi connectivity index (χ0n) is 20.4. The molecule has 9 heteroatoms. The van der Waals surface area contributed by atoms with E-state index in [4.69, 9.17) is 4.74 Å². The first-order valence-corrected chi connectivity index (χ1v) is 12.4. The fourth-order valence-electron chi connectivity index (χ4n) is 4.75. The van der Waals surface area contributed by atoms with Gasteiger partial charge in [-0.3, -0.25) is 14.5 Å². The number of carbonyl (C=O) groups excluding carboxylic acids is 2. The third-order valence-electron chi connectivity index (χ3n) is 6.52. The predicted octanol–water partition coefficient (Wildman–Crippen LogP) is 3.31. The molecule has 9 nitrogen and oxygen atoms in total. The molecule has 0 atom stereocenters. The van der Waals surface area contributed by atoms with Crippen LogP contribution in [-0.4, -0.2) is 70.6 Å². The highest BCUT2D eigenvalue weighted by molar-refractivity contribution is 6.12. The number of benzene rings is 2. The molecular weight excluding hydrogens is 456 g/mol. The maximum absolute atomic E-state index is 13.1. The van der Waals surface area contributed by atoms with Gasteiger partial charge < -0.3 is 19.9 Å². The smallest absolute Gasteiger partial charge is 0.276 e. The number of carbonyl (C=O) groups is 2. The maximum atomic E-state index is 13.1. The second-order valence-corrected chi connectivity index (χ2v) is 8.76. The second kappa shape index (κ2) is 10.8. The lowest BCUT2D eigenvalue weighted by molar-refractivity contribution is 0.0374. The number of nitrogens with one attached hydrogen (secondary N) is 2. The summed E-state index contributed by atoms with van der Waals surface area (Å²) in [6.07, 6.45) is 3.65. The van der Waals surface area contributed by atoms with Crippen molar-refractivity contribution in [3.63, 3.8) is 0 Å². The molecule has 2 aromatic heterocycles. The Morgan fingerprint density at radius 3 is 2.44 bits per heavy atom. The van der Waals surface area contributed by atoms with Crippen LogP contribution in [0.4, 0.5) is 5.69 Å². The lowest BCUT2D eigenvalue weighted by Crippen LogP contribution is -2.38. The third-order valence-corrected chi connectivity index (χ3v) is 6.52. The van der Waals surface area contributed by atoms with Crippen LogP contribution in [0.3, 0.4) is 0 Å². The van der Waals surface area contributed by atoms with Gasteiger partial charge in [-0.1, -0.05) is 18.2 Å². The molecule has 186 valence electrons. The number of fused-ring (bicyclic) bond motifs is 3. The molecule has 2 N–H and O–H groups in total. The molecule has 2 amide bonds. The van der Waals surface area contributed by atoms with Crippen molar-refractivity contribution in [2.45, 2.75) is 19.9 Å². The molecule has 1 aliphatic heterocycles. The van der Waals surface area contributed by atoms with Gasteiger partial charge in [0.25, 0.3) is 11.8 Å². The number of morpholine rings is 1. The van der Waals surface area contributed by atoms with Gasteiger partial charge in [0.15, 0.2) is 11.4 Å². The van der Waals surface area contributed by atoms with Gasteiger partial charge in [-0.2, -0.15) is 0 Å². The van der Waals surface area contributed by atoms with Crippen molar-refractivity contribution < 1.29 is 14.3 Å². The van der Waals surface area contributed by atoms with Gasteiger partial charge in [0.1, 0.15) is 0 Å². The minimum absolute atomic E-state index is 0.000683. The summed E-state index contributed by atoms with van der Waals surface area (Å²) in [6.45, 7) is 7.65. The molecule has 5 rings (SSSR count). The average molecular weight is 487 g/mol. The highest BCUT2D eigenvalue weighted by Crippen LogP contribution is 2.31. The summed E-state index contributed by atoms with van der Waals surface area (Å²) in [7, 11) is 0. The van der Waals surface area contributed by atoms with Crippen LogP contribution in [-0.2, 0) is 11.3 Å². The van der Waals surface area contributed by atoms with E-state index in [-0.39, 0.29) is 11.4 Å². The summed E-state index contributed by atoms with van der Waals surface area (Å²) in [5, 5.41) is 7.95. The SMILES string of the molecule is CCn1c2ccccc2c2cc(NC(=O)c3nccnc3C(=O)NCCCN3CCOCC3)ccc21. The number of hydrogen-bond donors (Lipinski definition) is 2. The molecule has 1 aliphatic rings. The lowest BCUT2D eigenvalue weighted by Gasteiger charge is -2.26. The van der Waals surface area contributed by atoms with E-state index < -0.39 is 11.8 Å². The van der Waals surface area contributed by atoms with Gasteiger partial charge in [0, 0.05) is 66.1 Å². The van der Waals surface area contributed by atoms with E-state index in [9.17, 15) is 9.59 Å². The van der Waals surface area contributed by atoms with E-state index >= 15 is 0 Å². The van der Waals surface area contributed by atoms with Gasteiger partial charge in [-0.05, 0) is 44.2 Å². The van der Waals surface area contributed by atoms with Gasteiger partial charge in [-0.25, -0.2) is 9.97 Å². The Bertz CT molecular complexity index is 1390. The first-order valence-electron chi connectivity index (χ1n) is 12.4. The number of ether oxygens (including phenoxy) is 1. The van der Waals surface area contributed by atoms with Crippen LogP contribution in [0, 0.1) is 0 Å². The van der Waals surface area contributed by atoms with Crippen LogP contribution < -0.4 is 10.6 Å². The number of amides is 2. The number of aromatic nitrogens is 3.